The van der Waals surface area contributed by atoms with Gasteiger partial charge in [-0.25, -0.2) is 4.79 Å². The molecule has 0 radical (unpaired) electrons. The number of ether oxygens (including phenoxy) is 2. The third-order valence-electron chi connectivity index (χ3n) is 5.74. The molecule has 2 aliphatic rings. The Morgan fingerprint density at radius 1 is 1.17 bits per heavy atom. The van der Waals surface area contributed by atoms with Crippen molar-refractivity contribution >= 4 is 28.4 Å². The van der Waals surface area contributed by atoms with Crippen LogP contribution < -0.4 is 9.47 Å². The molecule has 0 bridgehead atoms. The van der Waals surface area contributed by atoms with Gasteiger partial charge < -0.3 is 24.5 Å². The van der Waals surface area contributed by atoms with Crippen LogP contribution in [0.25, 0.3) is 16.5 Å². The van der Waals surface area contributed by atoms with Crippen molar-refractivity contribution in [1.82, 2.24) is 9.88 Å². The molecule has 3 heterocycles. The molecule has 0 spiro atoms. The first kappa shape index (κ1) is 18.3. The number of hydrogen-bond donors (Lipinski definition) is 2. The molecule has 2 aliphatic heterocycles. The van der Waals surface area contributed by atoms with Gasteiger partial charge in [-0.3, -0.25) is 4.79 Å². The first-order chi connectivity index (χ1) is 14.6. The highest BCUT2D eigenvalue weighted by atomic mass is 16.7. The number of fused-ring (bicyclic) bond motifs is 4. The summed E-state index contributed by atoms with van der Waals surface area (Å²) in [4.78, 5) is 30.3. The van der Waals surface area contributed by atoms with Gasteiger partial charge in [-0.15, -0.1) is 0 Å². The lowest BCUT2D eigenvalue weighted by Gasteiger charge is -2.27. The minimum absolute atomic E-state index is 0.0752. The molecule has 1 atom stereocenters. The molecule has 1 amide bonds. The van der Waals surface area contributed by atoms with E-state index in [0.29, 0.717) is 35.6 Å². The van der Waals surface area contributed by atoms with Gasteiger partial charge in [0.05, 0.1) is 11.3 Å². The van der Waals surface area contributed by atoms with Crippen LogP contribution in [0.1, 0.15) is 35.0 Å². The molecule has 1 aromatic heterocycles. The molecule has 2 N–H and O–H groups in total. The maximum absolute atomic E-state index is 13.4. The second-order valence-corrected chi connectivity index (χ2v) is 7.42. The standard InChI is InChI=1S/C23H20N2O5/c1-2-14-10-16-15-5-3-4-6-18(15)24-21(16)17(23(27)28)11-25(14)22(26)13-7-8-19-20(9-13)30-12-29-19/h3-9,11,14,24H,2,10,12H2,1H3,(H,27,28). The van der Waals surface area contributed by atoms with Crippen LogP contribution in [-0.4, -0.2) is 39.7 Å². The highest BCUT2D eigenvalue weighted by molar-refractivity contribution is 6.17. The fraction of sp³-hybridized carbons (Fsp3) is 0.217. The molecular formula is C23H20N2O5. The second-order valence-electron chi connectivity index (χ2n) is 7.42. The van der Waals surface area contributed by atoms with Crippen molar-refractivity contribution in [3.05, 3.63) is 65.5 Å². The minimum atomic E-state index is -1.08. The van der Waals surface area contributed by atoms with Crippen molar-refractivity contribution in [2.75, 3.05) is 6.79 Å². The monoisotopic (exact) mass is 404 g/mol. The molecule has 0 fully saturated rings. The molecule has 1 unspecified atom stereocenters. The zero-order chi connectivity index (χ0) is 20.8. The van der Waals surface area contributed by atoms with Gasteiger partial charge in [0.2, 0.25) is 6.79 Å². The molecule has 5 rings (SSSR count). The predicted octanol–water partition coefficient (Wildman–Crippen LogP) is 3.80. The van der Waals surface area contributed by atoms with E-state index in [4.69, 9.17) is 9.47 Å². The Morgan fingerprint density at radius 3 is 2.77 bits per heavy atom. The van der Waals surface area contributed by atoms with E-state index in [1.807, 2.05) is 31.2 Å². The summed E-state index contributed by atoms with van der Waals surface area (Å²) < 4.78 is 10.7. The van der Waals surface area contributed by atoms with Gasteiger partial charge in [0.1, 0.15) is 0 Å². The van der Waals surface area contributed by atoms with E-state index in [9.17, 15) is 14.7 Å². The van der Waals surface area contributed by atoms with Gasteiger partial charge >= 0.3 is 5.97 Å². The van der Waals surface area contributed by atoms with E-state index in [1.54, 1.807) is 23.1 Å². The number of carboxylic acid groups (broad SMARTS) is 1. The Bertz CT molecular complexity index is 1210. The summed E-state index contributed by atoms with van der Waals surface area (Å²) in [6, 6.07) is 12.6. The van der Waals surface area contributed by atoms with Crippen LogP contribution in [0.5, 0.6) is 11.5 Å². The second kappa shape index (κ2) is 6.95. The Kier molecular flexibility index (Phi) is 4.24. The maximum Gasteiger partial charge on any atom is 0.339 e. The number of carbonyl (C=O) groups excluding carboxylic acids is 1. The Morgan fingerprint density at radius 2 is 1.97 bits per heavy atom. The van der Waals surface area contributed by atoms with E-state index >= 15 is 0 Å². The van der Waals surface area contributed by atoms with Crippen LogP contribution in [0.2, 0.25) is 0 Å². The fourth-order valence-electron chi connectivity index (χ4n) is 4.19. The number of aromatic amines is 1. The Hall–Kier alpha value is -3.74. The summed E-state index contributed by atoms with van der Waals surface area (Å²) in [5, 5.41) is 10.9. The van der Waals surface area contributed by atoms with Gasteiger partial charge in [0, 0.05) is 28.7 Å². The van der Waals surface area contributed by atoms with Gasteiger partial charge in [0.25, 0.3) is 5.91 Å². The third-order valence-corrected chi connectivity index (χ3v) is 5.74. The van der Waals surface area contributed by atoms with Gasteiger partial charge in [-0.1, -0.05) is 25.1 Å². The van der Waals surface area contributed by atoms with Crippen molar-refractivity contribution < 1.29 is 24.2 Å². The number of para-hydroxylation sites is 1. The lowest BCUT2D eigenvalue weighted by atomic mass is 9.99. The maximum atomic E-state index is 13.4. The molecule has 0 saturated carbocycles. The molecule has 152 valence electrons. The summed E-state index contributed by atoms with van der Waals surface area (Å²) in [7, 11) is 0. The third kappa shape index (κ3) is 2.82. The quantitative estimate of drug-likeness (QED) is 0.693. The Labute approximate surface area is 172 Å². The lowest BCUT2D eigenvalue weighted by Crippen LogP contribution is -2.37. The number of aliphatic carboxylic acids is 1. The summed E-state index contributed by atoms with van der Waals surface area (Å²) >= 11 is 0. The number of benzene rings is 2. The highest BCUT2D eigenvalue weighted by Crippen LogP contribution is 2.36. The van der Waals surface area contributed by atoms with Crippen LogP contribution in [-0.2, 0) is 11.2 Å². The fourth-order valence-corrected chi connectivity index (χ4v) is 4.19. The highest BCUT2D eigenvalue weighted by Gasteiger charge is 2.32. The van der Waals surface area contributed by atoms with Crippen molar-refractivity contribution in [2.45, 2.75) is 25.8 Å². The topological polar surface area (TPSA) is 91.9 Å². The normalized spacial score (nSPS) is 17.4. The molecule has 30 heavy (non-hydrogen) atoms. The van der Waals surface area contributed by atoms with Gasteiger partial charge in [-0.05, 0) is 42.7 Å². The summed E-state index contributed by atoms with van der Waals surface area (Å²) in [5.74, 6) is -0.239. The molecule has 2 aromatic carbocycles. The zero-order valence-corrected chi connectivity index (χ0v) is 16.3. The van der Waals surface area contributed by atoms with Crippen molar-refractivity contribution in [1.29, 1.82) is 0 Å². The van der Waals surface area contributed by atoms with E-state index < -0.39 is 5.97 Å². The largest absolute Gasteiger partial charge is 0.478 e. The average molecular weight is 404 g/mol. The predicted molar refractivity (Wildman–Crippen MR) is 110 cm³/mol. The average Bonchev–Trinajstić information content (AvgIpc) is 3.32. The SMILES string of the molecule is CCC1Cc2c([nH]c3ccccc23)C(C(=O)O)=CN1C(=O)c1ccc2c(c1)OCO2. The smallest absolute Gasteiger partial charge is 0.339 e. The summed E-state index contributed by atoms with van der Waals surface area (Å²) in [6.45, 7) is 2.12. The molecular weight excluding hydrogens is 384 g/mol. The van der Waals surface area contributed by atoms with E-state index in [-0.39, 0.29) is 24.3 Å². The summed E-state index contributed by atoms with van der Waals surface area (Å²) in [5.41, 5.74) is 2.87. The van der Waals surface area contributed by atoms with E-state index in [2.05, 4.69) is 4.98 Å². The molecule has 0 aliphatic carbocycles. The number of carboxylic acids is 1. The van der Waals surface area contributed by atoms with Crippen molar-refractivity contribution in [3.8, 4) is 11.5 Å². The lowest BCUT2D eigenvalue weighted by molar-refractivity contribution is -0.130. The number of aromatic nitrogens is 1. The first-order valence-electron chi connectivity index (χ1n) is 9.84. The van der Waals surface area contributed by atoms with Crippen LogP contribution in [0.4, 0.5) is 0 Å². The van der Waals surface area contributed by atoms with Crippen LogP contribution in [0, 0.1) is 0 Å². The van der Waals surface area contributed by atoms with Crippen LogP contribution in [0.15, 0.2) is 48.7 Å². The number of nitrogens with zero attached hydrogens (tertiary/aromatic N) is 1. The number of rotatable bonds is 3. The molecule has 7 heteroatoms. The number of H-pyrrole nitrogens is 1. The number of amides is 1. The number of carbonyl (C=O) groups is 2. The van der Waals surface area contributed by atoms with Gasteiger partial charge in [-0.2, -0.15) is 0 Å². The van der Waals surface area contributed by atoms with Crippen molar-refractivity contribution in [3.63, 3.8) is 0 Å². The Balaban J connectivity index is 1.62. The van der Waals surface area contributed by atoms with Crippen molar-refractivity contribution in [2.24, 2.45) is 0 Å². The molecule has 0 saturated heterocycles. The van der Waals surface area contributed by atoms with E-state index in [0.717, 1.165) is 16.5 Å². The van der Waals surface area contributed by atoms with Crippen LogP contribution in [0.3, 0.4) is 0 Å². The molecule has 3 aromatic rings. The summed E-state index contributed by atoms with van der Waals surface area (Å²) in [6.07, 6.45) is 2.70. The molecule has 7 nitrogen and oxygen atoms in total. The zero-order valence-electron chi connectivity index (χ0n) is 16.3. The van der Waals surface area contributed by atoms with Gasteiger partial charge in [0.15, 0.2) is 11.5 Å². The first-order valence-corrected chi connectivity index (χ1v) is 9.84. The minimum Gasteiger partial charge on any atom is -0.478 e. The van der Waals surface area contributed by atoms with E-state index in [1.165, 1.54) is 6.20 Å². The van der Waals surface area contributed by atoms with Crippen LogP contribution >= 0.6 is 0 Å². The number of nitrogens with one attached hydrogen (secondary N) is 1. The number of hydrogen-bond acceptors (Lipinski definition) is 4.